The molecule has 3 aromatic rings. The molecule has 1 aliphatic rings. The van der Waals surface area contributed by atoms with Gasteiger partial charge < -0.3 is 15.4 Å². The lowest BCUT2D eigenvalue weighted by Gasteiger charge is -2.22. The van der Waals surface area contributed by atoms with Gasteiger partial charge in [0, 0.05) is 23.8 Å². The van der Waals surface area contributed by atoms with Gasteiger partial charge in [0.1, 0.15) is 11.5 Å². The number of nitrogens with one attached hydrogen (secondary N) is 3. The van der Waals surface area contributed by atoms with Crippen molar-refractivity contribution in [2.75, 3.05) is 5.32 Å². The number of aromatic amines is 1. The molecule has 28 heavy (non-hydrogen) atoms. The summed E-state index contributed by atoms with van der Waals surface area (Å²) in [6, 6.07) is 16.2. The number of carbonyl (C=O) groups excluding carboxylic acids is 2. The summed E-state index contributed by atoms with van der Waals surface area (Å²) < 4.78 is 5.71. The summed E-state index contributed by atoms with van der Waals surface area (Å²) in [6.07, 6.45) is 4.09. The Labute approximate surface area is 162 Å². The summed E-state index contributed by atoms with van der Waals surface area (Å²) in [5.74, 6) is 0.0440. The molecule has 7 heteroatoms. The third-order valence-corrected chi connectivity index (χ3v) is 4.65. The van der Waals surface area contributed by atoms with Crippen LogP contribution in [0.25, 0.3) is 0 Å². The van der Waals surface area contributed by atoms with E-state index in [1.165, 1.54) is 5.56 Å². The Morgan fingerprint density at radius 3 is 2.54 bits per heavy atom. The van der Waals surface area contributed by atoms with Crippen molar-refractivity contribution in [3.05, 3.63) is 72.1 Å². The van der Waals surface area contributed by atoms with Crippen molar-refractivity contribution in [3.63, 3.8) is 0 Å². The van der Waals surface area contributed by atoms with Crippen molar-refractivity contribution in [1.82, 2.24) is 15.5 Å². The van der Waals surface area contributed by atoms with Crippen LogP contribution >= 0.6 is 0 Å². The molecule has 1 aromatic heterocycles. The molecule has 0 saturated heterocycles. The summed E-state index contributed by atoms with van der Waals surface area (Å²) in [7, 11) is 0. The van der Waals surface area contributed by atoms with Gasteiger partial charge in [0.15, 0.2) is 0 Å². The van der Waals surface area contributed by atoms with Crippen LogP contribution in [0.5, 0.6) is 11.5 Å². The lowest BCUT2D eigenvalue weighted by atomic mass is 9.94. The highest BCUT2D eigenvalue weighted by atomic mass is 16.5. The number of hydrogen-bond acceptors (Lipinski definition) is 4. The van der Waals surface area contributed by atoms with Crippen LogP contribution < -0.4 is 15.4 Å². The number of para-hydroxylation sites is 1. The van der Waals surface area contributed by atoms with Crippen molar-refractivity contribution in [2.45, 2.75) is 25.3 Å². The van der Waals surface area contributed by atoms with E-state index in [0.29, 0.717) is 17.9 Å². The quantitative estimate of drug-likeness (QED) is 0.610. The van der Waals surface area contributed by atoms with Crippen molar-refractivity contribution in [1.29, 1.82) is 0 Å². The molecule has 1 aliphatic carbocycles. The van der Waals surface area contributed by atoms with Gasteiger partial charge in [-0.1, -0.05) is 18.2 Å². The van der Waals surface area contributed by atoms with Gasteiger partial charge in [-0.25, -0.2) is 0 Å². The number of carbonyl (C=O) groups is 2. The smallest absolute Gasteiger partial charge is 0.313 e. The largest absolute Gasteiger partial charge is 0.457 e. The molecule has 3 N–H and O–H groups in total. The number of hydrogen-bond donors (Lipinski definition) is 3. The highest BCUT2D eigenvalue weighted by molar-refractivity contribution is 6.39. The number of aryl methyl sites for hydroxylation is 1. The molecular weight excluding hydrogens is 356 g/mol. The van der Waals surface area contributed by atoms with Crippen LogP contribution in [0, 0.1) is 0 Å². The number of rotatable bonds is 4. The SMILES string of the molecule is O=C(Nc1ccc(Oc2ccccc2)cc1)C(=O)N[C@@H]1CCc2cn[nH]c2C1. The molecule has 0 spiro atoms. The summed E-state index contributed by atoms with van der Waals surface area (Å²) in [5, 5.41) is 12.4. The number of fused-ring (bicyclic) bond motifs is 1. The topological polar surface area (TPSA) is 96.1 Å². The molecule has 1 atom stereocenters. The van der Waals surface area contributed by atoms with Crippen molar-refractivity contribution in [2.24, 2.45) is 0 Å². The van der Waals surface area contributed by atoms with Gasteiger partial charge in [0.2, 0.25) is 0 Å². The number of amides is 2. The lowest BCUT2D eigenvalue weighted by molar-refractivity contribution is -0.136. The first kappa shape index (κ1) is 17.8. The van der Waals surface area contributed by atoms with Crippen LogP contribution in [0.15, 0.2) is 60.8 Å². The van der Waals surface area contributed by atoms with Crippen molar-refractivity contribution < 1.29 is 14.3 Å². The molecule has 2 amide bonds. The zero-order chi connectivity index (χ0) is 19.3. The molecule has 0 radical (unpaired) electrons. The van der Waals surface area contributed by atoms with Crippen LogP contribution in [-0.4, -0.2) is 28.1 Å². The third-order valence-electron chi connectivity index (χ3n) is 4.65. The summed E-state index contributed by atoms with van der Waals surface area (Å²) >= 11 is 0. The Morgan fingerprint density at radius 2 is 1.75 bits per heavy atom. The van der Waals surface area contributed by atoms with Crippen molar-refractivity contribution in [3.8, 4) is 11.5 Å². The highest BCUT2D eigenvalue weighted by Gasteiger charge is 2.24. The Hall–Kier alpha value is -3.61. The average molecular weight is 376 g/mol. The zero-order valence-electron chi connectivity index (χ0n) is 15.1. The minimum absolute atomic E-state index is 0.0761. The van der Waals surface area contributed by atoms with E-state index in [2.05, 4.69) is 20.8 Å². The summed E-state index contributed by atoms with van der Waals surface area (Å²) in [4.78, 5) is 24.4. The monoisotopic (exact) mass is 376 g/mol. The van der Waals surface area contributed by atoms with Crippen molar-refractivity contribution >= 4 is 17.5 Å². The third kappa shape index (κ3) is 4.20. The molecule has 0 unspecified atom stereocenters. The second kappa shape index (κ2) is 7.96. The average Bonchev–Trinajstić information content (AvgIpc) is 3.18. The van der Waals surface area contributed by atoms with Crippen LogP contribution in [-0.2, 0) is 22.4 Å². The van der Waals surface area contributed by atoms with Gasteiger partial charge in [-0.3, -0.25) is 14.7 Å². The maximum Gasteiger partial charge on any atom is 0.313 e. The van der Waals surface area contributed by atoms with E-state index in [0.717, 1.165) is 24.3 Å². The normalized spacial score (nSPS) is 15.4. The van der Waals surface area contributed by atoms with Crippen LogP contribution in [0.3, 0.4) is 0 Å². The number of ether oxygens (including phenoxy) is 1. The molecule has 0 bridgehead atoms. The van der Waals surface area contributed by atoms with E-state index in [-0.39, 0.29) is 6.04 Å². The molecule has 142 valence electrons. The maximum atomic E-state index is 12.2. The number of nitrogens with zero attached hydrogens (tertiary/aromatic N) is 1. The van der Waals surface area contributed by atoms with Crippen LogP contribution in [0.4, 0.5) is 5.69 Å². The Balaban J connectivity index is 1.30. The predicted octanol–water partition coefficient (Wildman–Crippen LogP) is 2.81. The maximum absolute atomic E-state index is 12.2. The number of H-pyrrole nitrogens is 1. The molecule has 4 rings (SSSR count). The van der Waals surface area contributed by atoms with Gasteiger partial charge in [-0.15, -0.1) is 0 Å². The molecule has 2 aromatic carbocycles. The van der Waals surface area contributed by atoms with E-state index in [1.807, 2.05) is 36.5 Å². The number of aromatic nitrogens is 2. The summed E-state index contributed by atoms with van der Waals surface area (Å²) in [5.41, 5.74) is 2.72. The van der Waals surface area contributed by atoms with Gasteiger partial charge in [-0.2, -0.15) is 5.10 Å². The van der Waals surface area contributed by atoms with Gasteiger partial charge in [0.25, 0.3) is 0 Å². The summed E-state index contributed by atoms with van der Waals surface area (Å²) in [6.45, 7) is 0. The number of benzene rings is 2. The second-order valence-electron chi connectivity index (χ2n) is 6.68. The molecule has 0 saturated carbocycles. The zero-order valence-corrected chi connectivity index (χ0v) is 15.1. The van der Waals surface area contributed by atoms with E-state index in [1.54, 1.807) is 24.3 Å². The fourth-order valence-electron chi connectivity index (χ4n) is 3.20. The second-order valence-corrected chi connectivity index (χ2v) is 6.68. The Morgan fingerprint density at radius 1 is 1.00 bits per heavy atom. The fourth-order valence-corrected chi connectivity index (χ4v) is 3.20. The first-order valence-electron chi connectivity index (χ1n) is 9.13. The number of anilines is 1. The van der Waals surface area contributed by atoms with E-state index in [4.69, 9.17) is 4.74 Å². The Bertz CT molecular complexity index is 967. The fraction of sp³-hybridized carbons (Fsp3) is 0.190. The molecule has 0 aliphatic heterocycles. The predicted molar refractivity (Wildman–Crippen MR) is 104 cm³/mol. The van der Waals surface area contributed by atoms with Gasteiger partial charge in [-0.05, 0) is 54.8 Å². The van der Waals surface area contributed by atoms with Gasteiger partial charge in [0.05, 0.1) is 6.20 Å². The van der Waals surface area contributed by atoms with Crippen LogP contribution in [0.2, 0.25) is 0 Å². The Kier molecular flexibility index (Phi) is 5.05. The van der Waals surface area contributed by atoms with E-state index >= 15 is 0 Å². The van der Waals surface area contributed by atoms with E-state index < -0.39 is 11.8 Å². The minimum atomic E-state index is -0.688. The molecule has 1 heterocycles. The first-order valence-corrected chi connectivity index (χ1v) is 9.13. The molecular formula is C21H20N4O3. The van der Waals surface area contributed by atoms with Gasteiger partial charge >= 0.3 is 11.8 Å². The highest BCUT2D eigenvalue weighted by Crippen LogP contribution is 2.23. The minimum Gasteiger partial charge on any atom is -0.457 e. The first-order chi connectivity index (χ1) is 13.7. The standard InChI is InChI=1S/C21H20N4O3/c26-20(21(27)24-16-7-6-14-13-22-25-19(14)12-16)23-15-8-10-18(11-9-15)28-17-4-2-1-3-5-17/h1-5,8-11,13,16H,6-7,12H2,(H,22,25)(H,23,26)(H,24,27)/t16-/m1/s1. The molecule has 7 nitrogen and oxygen atoms in total. The van der Waals surface area contributed by atoms with Crippen LogP contribution in [0.1, 0.15) is 17.7 Å². The molecule has 0 fully saturated rings. The van der Waals surface area contributed by atoms with E-state index in [9.17, 15) is 9.59 Å². The lowest BCUT2D eigenvalue weighted by Crippen LogP contribution is -2.44.